The van der Waals surface area contributed by atoms with Crippen LogP contribution in [0.4, 0.5) is 16.2 Å². The number of nitrogens with one attached hydrogen (secondary N) is 2. The third kappa shape index (κ3) is 2.85. The van der Waals surface area contributed by atoms with Crippen LogP contribution in [0.25, 0.3) is 10.2 Å². The molecule has 0 radical (unpaired) electrons. The van der Waals surface area contributed by atoms with E-state index >= 15 is 0 Å². The second-order valence-electron chi connectivity index (χ2n) is 4.78. The molecule has 2 amide bonds. The number of anilines is 2. The molecular weight excluding hydrogens is 284 g/mol. The van der Waals surface area contributed by atoms with E-state index in [1.165, 1.54) is 11.5 Å². The standard InChI is InChI=1S/C15H14N4OS/c1-9-4-3-5-12(10(9)2)17-15(20)16-11-6-7-14-13(8-11)18-19-21-14/h3-8H,1-2H3,(H2,16,17,20). The first kappa shape index (κ1) is 13.5. The maximum Gasteiger partial charge on any atom is 0.323 e. The van der Waals surface area contributed by atoms with Gasteiger partial charge in [-0.1, -0.05) is 16.6 Å². The van der Waals surface area contributed by atoms with Crippen LogP contribution in [-0.2, 0) is 0 Å². The highest BCUT2D eigenvalue weighted by Gasteiger charge is 2.07. The smallest absolute Gasteiger partial charge is 0.308 e. The van der Waals surface area contributed by atoms with Gasteiger partial charge in [0.05, 0.1) is 4.70 Å². The molecule has 1 aromatic heterocycles. The molecule has 0 aliphatic heterocycles. The van der Waals surface area contributed by atoms with E-state index < -0.39 is 0 Å². The Balaban J connectivity index is 1.75. The van der Waals surface area contributed by atoms with Gasteiger partial charge >= 0.3 is 6.03 Å². The maximum atomic E-state index is 12.1. The van der Waals surface area contributed by atoms with Gasteiger partial charge in [0.15, 0.2) is 0 Å². The quantitative estimate of drug-likeness (QED) is 0.752. The first-order valence-corrected chi connectivity index (χ1v) is 7.27. The zero-order valence-corrected chi connectivity index (χ0v) is 12.5. The molecule has 3 rings (SSSR count). The summed E-state index contributed by atoms with van der Waals surface area (Å²) >= 11 is 1.33. The van der Waals surface area contributed by atoms with Crippen molar-refractivity contribution in [2.24, 2.45) is 0 Å². The number of aryl methyl sites for hydroxylation is 1. The first-order valence-electron chi connectivity index (χ1n) is 6.50. The van der Waals surface area contributed by atoms with E-state index in [9.17, 15) is 4.79 Å². The average Bonchev–Trinajstić information content (AvgIpc) is 2.91. The molecule has 0 atom stereocenters. The van der Waals surface area contributed by atoms with Crippen LogP contribution in [0.15, 0.2) is 36.4 Å². The van der Waals surface area contributed by atoms with Gasteiger partial charge in [0.2, 0.25) is 0 Å². The highest BCUT2D eigenvalue weighted by molar-refractivity contribution is 7.12. The monoisotopic (exact) mass is 298 g/mol. The number of fused-ring (bicyclic) bond motifs is 1. The molecule has 106 valence electrons. The van der Waals surface area contributed by atoms with Crippen molar-refractivity contribution in [1.82, 2.24) is 9.59 Å². The molecule has 3 aromatic rings. The zero-order valence-electron chi connectivity index (χ0n) is 11.7. The van der Waals surface area contributed by atoms with Gasteiger partial charge in [0.25, 0.3) is 0 Å². The van der Waals surface area contributed by atoms with Crippen LogP contribution in [0.3, 0.4) is 0 Å². The van der Waals surface area contributed by atoms with E-state index in [-0.39, 0.29) is 6.03 Å². The van der Waals surface area contributed by atoms with E-state index in [2.05, 4.69) is 20.2 Å². The highest BCUT2D eigenvalue weighted by atomic mass is 32.1. The van der Waals surface area contributed by atoms with Crippen molar-refractivity contribution in [2.45, 2.75) is 13.8 Å². The van der Waals surface area contributed by atoms with Crippen LogP contribution in [0.2, 0.25) is 0 Å². The summed E-state index contributed by atoms with van der Waals surface area (Å²) in [6.45, 7) is 4.00. The molecule has 1 heterocycles. The molecular formula is C15H14N4OS. The summed E-state index contributed by atoms with van der Waals surface area (Å²) in [6.07, 6.45) is 0. The Kier molecular flexibility index (Phi) is 3.53. The Morgan fingerprint density at radius 3 is 2.86 bits per heavy atom. The molecule has 5 nitrogen and oxygen atoms in total. The highest BCUT2D eigenvalue weighted by Crippen LogP contribution is 2.21. The predicted octanol–water partition coefficient (Wildman–Crippen LogP) is 3.95. The van der Waals surface area contributed by atoms with Gasteiger partial charge in [-0.3, -0.25) is 0 Å². The number of urea groups is 1. The van der Waals surface area contributed by atoms with Crippen LogP contribution in [0.1, 0.15) is 11.1 Å². The van der Waals surface area contributed by atoms with Crippen molar-refractivity contribution in [3.8, 4) is 0 Å². The van der Waals surface area contributed by atoms with Crippen LogP contribution in [0.5, 0.6) is 0 Å². The summed E-state index contributed by atoms with van der Waals surface area (Å²) in [5.74, 6) is 0. The van der Waals surface area contributed by atoms with Gasteiger partial charge in [-0.25, -0.2) is 4.79 Å². The van der Waals surface area contributed by atoms with Gasteiger partial charge in [-0.2, -0.15) is 0 Å². The summed E-state index contributed by atoms with van der Waals surface area (Å²) in [5, 5.41) is 9.66. The number of benzene rings is 2. The van der Waals surface area contributed by atoms with Gasteiger partial charge in [0.1, 0.15) is 5.52 Å². The van der Waals surface area contributed by atoms with E-state index in [1.807, 2.05) is 50.2 Å². The Bertz CT molecular complexity index is 812. The lowest BCUT2D eigenvalue weighted by atomic mass is 10.1. The van der Waals surface area contributed by atoms with Crippen molar-refractivity contribution in [3.05, 3.63) is 47.5 Å². The largest absolute Gasteiger partial charge is 0.323 e. The lowest BCUT2D eigenvalue weighted by molar-refractivity contribution is 0.262. The van der Waals surface area contributed by atoms with Crippen LogP contribution >= 0.6 is 11.5 Å². The Morgan fingerprint density at radius 2 is 2.00 bits per heavy atom. The van der Waals surface area contributed by atoms with E-state index in [0.29, 0.717) is 5.69 Å². The summed E-state index contributed by atoms with van der Waals surface area (Å²) in [4.78, 5) is 12.1. The summed E-state index contributed by atoms with van der Waals surface area (Å²) < 4.78 is 4.87. The number of aromatic nitrogens is 2. The van der Waals surface area contributed by atoms with Gasteiger partial charge in [-0.05, 0) is 60.8 Å². The molecule has 6 heteroatoms. The molecule has 0 saturated carbocycles. The number of hydrogen-bond acceptors (Lipinski definition) is 4. The molecule has 0 spiro atoms. The molecule has 2 aromatic carbocycles. The van der Waals surface area contributed by atoms with Crippen LogP contribution in [-0.4, -0.2) is 15.6 Å². The average molecular weight is 298 g/mol. The van der Waals surface area contributed by atoms with E-state index in [0.717, 1.165) is 27.0 Å². The molecule has 0 aliphatic rings. The lowest BCUT2D eigenvalue weighted by Crippen LogP contribution is -2.20. The number of carbonyl (C=O) groups is 1. The van der Waals surface area contributed by atoms with E-state index in [1.54, 1.807) is 0 Å². The van der Waals surface area contributed by atoms with Crippen LogP contribution < -0.4 is 10.6 Å². The minimum absolute atomic E-state index is 0.272. The molecule has 0 bridgehead atoms. The lowest BCUT2D eigenvalue weighted by Gasteiger charge is -2.11. The Morgan fingerprint density at radius 1 is 1.14 bits per heavy atom. The number of amides is 2. The summed E-state index contributed by atoms with van der Waals surface area (Å²) in [6, 6.07) is 11.1. The van der Waals surface area contributed by atoms with Crippen molar-refractivity contribution in [3.63, 3.8) is 0 Å². The SMILES string of the molecule is Cc1cccc(NC(=O)Nc2ccc3snnc3c2)c1C. The number of carbonyl (C=O) groups excluding carboxylic acids is 1. The van der Waals surface area contributed by atoms with Crippen molar-refractivity contribution in [2.75, 3.05) is 10.6 Å². The van der Waals surface area contributed by atoms with Crippen LogP contribution in [0, 0.1) is 13.8 Å². The molecule has 0 aliphatic carbocycles. The minimum Gasteiger partial charge on any atom is -0.308 e. The molecule has 0 unspecified atom stereocenters. The van der Waals surface area contributed by atoms with Crippen molar-refractivity contribution < 1.29 is 4.79 Å². The van der Waals surface area contributed by atoms with Gasteiger partial charge in [-0.15, -0.1) is 5.10 Å². The summed E-state index contributed by atoms with van der Waals surface area (Å²) in [5.41, 5.74) is 4.49. The third-order valence-electron chi connectivity index (χ3n) is 3.36. The second-order valence-corrected chi connectivity index (χ2v) is 5.57. The van der Waals surface area contributed by atoms with Crippen molar-refractivity contribution >= 4 is 39.2 Å². The Labute approximate surface area is 126 Å². The maximum absolute atomic E-state index is 12.1. The second kappa shape index (κ2) is 5.49. The van der Waals surface area contributed by atoms with Gasteiger partial charge < -0.3 is 10.6 Å². The fourth-order valence-corrected chi connectivity index (χ4v) is 2.57. The Hall–Kier alpha value is -2.47. The van der Waals surface area contributed by atoms with Crippen molar-refractivity contribution in [1.29, 1.82) is 0 Å². The molecule has 0 fully saturated rings. The molecule has 2 N–H and O–H groups in total. The molecule has 21 heavy (non-hydrogen) atoms. The number of nitrogens with zero attached hydrogens (tertiary/aromatic N) is 2. The van der Waals surface area contributed by atoms with Gasteiger partial charge in [0, 0.05) is 11.4 Å². The first-order chi connectivity index (χ1) is 10.1. The number of hydrogen-bond donors (Lipinski definition) is 2. The fourth-order valence-electron chi connectivity index (χ4n) is 2.03. The zero-order chi connectivity index (χ0) is 14.8. The predicted molar refractivity (Wildman–Crippen MR) is 86.0 cm³/mol. The number of rotatable bonds is 2. The van der Waals surface area contributed by atoms with E-state index in [4.69, 9.17) is 0 Å². The fraction of sp³-hybridized carbons (Fsp3) is 0.133. The topological polar surface area (TPSA) is 66.9 Å². The minimum atomic E-state index is -0.272. The summed E-state index contributed by atoms with van der Waals surface area (Å²) in [7, 11) is 0. The molecule has 0 saturated heterocycles. The third-order valence-corrected chi connectivity index (χ3v) is 4.06. The normalized spacial score (nSPS) is 10.6.